The van der Waals surface area contributed by atoms with Crippen LogP contribution in [0.15, 0.2) is 11.2 Å². The molecule has 1 aromatic heterocycles. The number of carbonyl (C=O) groups is 1. The van der Waals surface area contributed by atoms with Crippen LogP contribution in [0.5, 0.6) is 0 Å². The van der Waals surface area contributed by atoms with E-state index in [0.29, 0.717) is 10.9 Å². The molecule has 0 radical (unpaired) electrons. The Morgan fingerprint density at radius 3 is 2.71 bits per heavy atom. The van der Waals surface area contributed by atoms with Gasteiger partial charge >= 0.3 is 0 Å². The van der Waals surface area contributed by atoms with Crippen molar-refractivity contribution in [2.24, 2.45) is 5.73 Å². The highest BCUT2D eigenvalue weighted by atomic mass is 32.2. The number of likely N-dealkylation sites (tertiary alicyclic amines) is 1. The predicted octanol–water partition coefficient (Wildman–Crippen LogP) is 1.91. The summed E-state index contributed by atoms with van der Waals surface area (Å²) in [4.78, 5) is 23.1. The molecule has 0 aliphatic carbocycles. The van der Waals surface area contributed by atoms with Gasteiger partial charge in [-0.25, -0.2) is 9.97 Å². The maximum absolute atomic E-state index is 12.5. The van der Waals surface area contributed by atoms with Gasteiger partial charge in [-0.05, 0) is 46.1 Å². The highest BCUT2D eigenvalue weighted by Gasteiger charge is 2.29. The summed E-state index contributed by atoms with van der Waals surface area (Å²) >= 11 is 1.41. The molecule has 1 amide bonds. The maximum atomic E-state index is 12.5. The predicted molar refractivity (Wildman–Crippen MR) is 85.2 cm³/mol. The van der Waals surface area contributed by atoms with Crippen LogP contribution < -0.4 is 5.73 Å². The van der Waals surface area contributed by atoms with Crippen molar-refractivity contribution >= 4 is 17.7 Å². The minimum absolute atomic E-state index is 0.0247. The Morgan fingerprint density at radius 2 is 2.10 bits per heavy atom. The summed E-state index contributed by atoms with van der Waals surface area (Å²) in [5, 5.41) is 0.676. The molecule has 2 unspecified atom stereocenters. The van der Waals surface area contributed by atoms with Crippen LogP contribution in [-0.2, 0) is 4.79 Å². The van der Waals surface area contributed by atoms with E-state index >= 15 is 0 Å². The van der Waals surface area contributed by atoms with Crippen LogP contribution in [0.4, 0.5) is 0 Å². The van der Waals surface area contributed by atoms with Crippen molar-refractivity contribution < 1.29 is 4.79 Å². The van der Waals surface area contributed by atoms with E-state index in [4.69, 9.17) is 5.73 Å². The third kappa shape index (κ3) is 4.41. The van der Waals surface area contributed by atoms with Crippen molar-refractivity contribution in [3.63, 3.8) is 0 Å². The molecule has 1 saturated heterocycles. The van der Waals surface area contributed by atoms with Crippen LogP contribution in [0, 0.1) is 13.8 Å². The van der Waals surface area contributed by atoms with E-state index < -0.39 is 0 Å². The number of nitrogens with two attached hydrogens (primary N) is 1. The Hall–Kier alpha value is -1.14. The SMILES string of the molecule is Cc1cc(C)nc(SCC(=O)N2CCCCC2C(C)N)n1. The molecule has 0 saturated carbocycles. The number of nitrogens with zero attached hydrogens (tertiary/aromatic N) is 3. The van der Waals surface area contributed by atoms with Gasteiger partial charge in [0.1, 0.15) is 0 Å². The third-order valence-electron chi connectivity index (χ3n) is 3.76. The molecular formula is C15H24N4OS. The monoisotopic (exact) mass is 308 g/mol. The molecule has 116 valence electrons. The largest absolute Gasteiger partial charge is 0.337 e. The Kier molecular flexibility index (Phi) is 5.58. The fraction of sp³-hybridized carbons (Fsp3) is 0.667. The molecule has 0 aromatic carbocycles. The molecule has 2 rings (SSSR count). The molecule has 6 heteroatoms. The number of thioether (sulfide) groups is 1. The lowest BCUT2D eigenvalue weighted by atomic mass is 9.97. The number of hydrogen-bond acceptors (Lipinski definition) is 5. The summed E-state index contributed by atoms with van der Waals surface area (Å²) in [5.74, 6) is 0.524. The van der Waals surface area contributed by atoms with Gasteiger partial charge in [0.2, 0.25) is 5.91 Å². The molecule has 0 spiro atoms. The average molecular weight is 308 g/mol. The lowest BCUT2D eigenvalue weighted by molar-refractivity contribution is -0.132. The zero-order valence-corrected chi connectivity index (χ0v) is 13.8. The molecule has 21 heavy (non-hydrogen) atoms. The Balaban J connectivity index is 1.97. The van der Waals surface area contributed by atoms with Crippen LogP contribution in [-0.4, -0.2) is 45.2 Å². The van der Waals surface area contributed by atoms with Gasteiger partial charge in [0, 0.05) is 30.0 Å². The van der Waals surface area contributed by atoms with Gasteiger partial charge in [0.05, 0.1) is 5.75 Å². The Morgan fingerprint density at radius 1 is 1.43 bits per heavy atom. The molecule has 1 aliphatic rings. The molecule has 2 N–H and O–H groups in total. The number of piperidine rings is 1. The topological polar surface area (TPSA) is 72.1 Å². The number of aryl methyl sites for hydroxylation is 2. The Bertz CT molecular complexity index is 486. The molecule has 0 bridgehead atoms. The van der Waals surface area contributed by atoms with Crippen molar-refractivity contribution in [1.29, 1.82) is 0 Å². The lowest BCUT2D eigenvalue weighted by Crippen LogP contribution is -2.52. The van der Waals surface area contributed by atoms with E-state index in [1.54, 1.807) is 0 Å². The highest BCUT2D eigenvalue weighted by molar-refractivity contribution is 7.99. The number of rotatable bonds is 4. The minimum atomic E-state index is 0.0247. The van der Waals surface area contributed by atoms with Crippen molar-refractivity contribution in [3.05, 3.63) is 17.5 Å². The quantitative estimate of drug-likeness (QED) is 0.679. The second-order valence-corrected chi connectivity index (χ2v) is 6.67. The Labute approximate surface area is 130 Å². The highest BCUT2D eigenvalue weighted by Crippen LogP contribution is 2.22. The minimum Gasteiger partial charge on any atom is -0.337 e. The van der Waals surface area contributed by atoms with Gasteiger partial charge in [-0.15, -0.1) is 0 Å². The number of aromatic nitrogens is 2. The molecule has 5 nitrogen and oxygen atoms in total. The summed E-state index contributed by atoms with van der Waals surface area (Å²) in [6, 6.07) is 2.13. The summed E-state index contributed by atoms with van der Waals surface area (Å²) < 4.78 is 0. The number of carbonyl (C=O) groups excluding carboxylic acids is 1. The number of amides is 1. The molecule has 1 aliphatic heterocycles. The zero-order chi connectivity index (χ0) is 15.4. The second-order valence-electron chi connectivity index (χ2n) is 5.73. The third-order valence-corrected chi connectivity index (χ3v) is 4.60. The molecule has 1 fully saturated rings. The molecule has 1 aromatic rings. The van der Waals surface area contributed by atoms with Crippen LogP contribution in [0.3, 0.4) is 0 Å². The van der Waals surface area contributed by atoms with Crippen molar-refractivity contribution in [3.8, 4) is 0 Å². The smallest absolute Gasteiger partial charge is 0.233 e. The van der Waals surface area contributed by atoms with E-state index in [1.165, 1.54) is 11.8 Å². The van der Waals surface area contributed by atoms with Crippen LogP contribution in [0.1, 0.15) is 37.6 Å². The van der Waals surface area contributed by atoms with Crippen molar-refractivity contribution in [2.45, 2.75) is 57.3 Å². The van der Waals surface area contributed by atoms with Crippen LogP contribution in [0.25, 0.3) is 0 Å². The van der Waals surface area contributed by atoms with Crippen molar-refractivity contribution in [1.82, 2.24) is 14.9 Å². The molecular weight excluding hydrogens is 284 g/mol. The lowest BCUT2D eigenvalue weighted by Gasteiger charge is -2.38. The van der Waals surface area contributed by atoms with Gasteiger partial charge in [-0.3, -0.25) is 4.79 Å². The van der Waals surface area contributed by atoms with Gasteiger partial charge in [-0.2, -0.15) is 0 Å². The fourth-order valence-corrected chi connectivity index (χ4v) is 3.62. The molecule has 2 heterocycles. The first kappa shape index (κ1) is 16.2. The van der Waals surface area contributed by atoms with E-state index in [-0.39, 0.29) is 18.0 Å². The summed E-state index contributed by atoms with van der Waals surface area (Å²) in [5.41, 5.74) is 7.89. The van der Waals surface area contributed by atoms with Crippen LogP contribution >= 0.6 is 11.8 Å². The molecule has 2 atom stereocenters. The first-order chi connectivity index (χ1) is 9.97. The van der Waals surface area contributed by atoms with E-state index in [9.17, 15) is 4.79 Å². The summed E-state index contributed by atoms with van der Waals surface area (Å²) in [6.07, 6.45) is 3.23. The van der Waals surface area contributed by atoms with Gasteiger partial charge in [-0.1, -0.05) is 11.8 Å². The van der Waals surface area contributed by atoms with Crippen LogP contribution in [0.2, 0.25) is 0 Å². The maximum Gasteiger partial charge on any atom is 0.233 e. The van der Waals surface area contributed by atoms with Gasteiger partial charge in [0.25, 0.3) is 0 Å². The van der Waals surface area contributed by atoms with E-state index in [1.807, 2.05) is 31.7 Å². The average Bonchev–Trinajstić information content (AvgIpc) is 2.43. The standard InChI is InChI=1S/C15H24N4OS/c1-10-8-11(2)18-15(17-10)21-9-14(20)19-7-5-4-6-13(19)12(3)16/h8,12-13H,4-7,9,16H2,1-3H3. The van der Waals surface area contributed by atoms with Crippen molar-refractivity contribution in [2.75, 3.05) is 12.3 Å². The summed E-state index contributed by atoms with van der Waals surface area (Å²) in [6.45, 7) is 6.68. The zero-order valence-electron chi connectivity index (χ0n) is 13.0. The van der Waals surface area contributed by atoms with Gasteiger partial charge < -0.3 is 10.6 Å². The second kappa shape index (κ2) is 7.22. The first-order valence-electron chi connectivity index (χ1n) is 7.47. The number of hydrogen-bond donors (Lipinski definition) is 1. The first-order valence-corrected chi connectivity index (χ1v) is 8.46. The van der Waals surface area contributed by atoms with E-state index in [0.717, 1.165) is 37.2 Å². The summed E-state index contributed by atoms with van der Waals surface area (Å²) in [7, 11) is 0. The normalized spacial score (nSPS) is 20.4. The van der Waals surface area contributed by atoms with E-state index in [2.05, 4.69) is 9.97 Å². The fourth-order valence-electron chi connectivity index (χ4n) is 2.78. The van der Waals surface area contributed by atoms with Gasteiger partial charge in [0.15, 0.2) is 5.16 Å².